The second-order valence-electron chi connectivity index (χ2n) is 5.99. The molecule has 0 saturated carbocycles. The Morgan fingerprint density at radius 3 is 2.54 bits per heavy atom. The predicted molar refractivity (Wildman–Crippen MR) is 106 cm³/mol. The average Bonchev–Trinajstić information content (AvgIpc) is 2.72. The van der Waals surface area contributed by atoms with Crippen LogP contribution in [0.5, 0.6) is 17.4 Å². The fourth-order valence-corrected chi connectivity index (χ4v) is 2.73. The van der Waals surface area contributed by atoms with E-state index in [4.69, 9.17) is 9.47 Å². The standard InChI is InChI=1S/C22H21FN2O3/c1-17(26)25(16-18-8-5-6-12-21(18)27-15-13-23)20-11-7-14-24-22(20)28-19-9-3-2-4-10-19/h2-12,14H,13,15-16H2,1H3. The van der Waals surface area contributed by atoms with Gasteiger partial charge in [0.05, 0.1) is 6.54 Å². The number of anilines is 1. The van der Waals surface area contributed by atoms with Crippen LogP contribution in [0, 0.1) is 0 Å². The van der Waals surface area contributed by atoms with Crippen molar-refractivity contribution >= 4 is 11.6 Å². The summed E-state index contributed by atoms with van der Waals surface area (Å²) in [5, 5.41) is 0. The van der Waals surface area contributed by atoms with Crippen molar-refractivity contribution < 1.29 is 18.7 Å². The Kier molecular flexibility index (Phi) is 6.57. The summed E-state index contributed by atoms with van der Waals surface area (Å²) >= 11 is 0. The number of carbonyl (C=O) groups excluding carboxylic acids is 1. The summed E-state index contributed by atoms with van der Waals surface area (Å²) in [5.41, 5.74) is 1.31. The summed E-state index contributed by atoms with van der Waals surface area (Å²) in [6.07, 6.45) is 1.61. The van der Waals surface area contributed by atoms with E-state index >= 15 is 0 Å². The van der Waals surface area contributed by atoms with Gasteiger partial charge in [-0.2, -0.15) is 0 Å². The highest BCUT2D eigenvalue weighted by Crippen LogP contribution is 2.32. The van der Waals surface area contributed by atoms with Crippen LogP contribution in [-0.4, -0.2) is 24.2 Å². The van der Waals surface area contributed by atoms with Gasteiger partial charge in [0.2, 0.25) is 11.8 Å². The lowest BCUT2D eigenvalue weighted by molar-refractivity contribution is -0.116. The molecular formula is C22H21FN2O3. The number of amides is 1. The number of rotatable bonds is 8. The molecule has 0 bridgehead atoms. The van der Waals surface area contributed by atoms with Crippen LogP contribution < -0.4 is 14.4 Å². The van der Waals surface area contributed by atoms with E-state index in [1.165, 1.54) is 6.92 Å². The van der Waals surface area contributed by atoms with Crippen LogP contribution in [0.3, 0.4) is 0 Å². The molecule has 1 heterocycles. The first-order valence-electron chi connectivity index (χ1n) is 8.91. The maximum atomic E-state index is 12.5. The molecule has 5 nitrogen and oxygen atoms in total. The molecule has 1 amide bonds. The number of carbonyl (C=O) groups is 1. The van der Waals surface area contributed by atoms with Crippen LogP contribution in [0.15, 0.2) is 72.9 Å². The minimum atomic E-state index is -0.581. The van der Waals surface area contributed by atoms with Gasteiger partial charge in [-0.1, -0.05) is 36.4 Å². The molecule has 2 aromatic carbocycles. The van der Waals surface area contributed by atoms with Crippen LogP contribution in [0.4, 0.5) is 10.1 Å². The summed E-state index contributed by atoms with van der Waals surface area (Å²) in [6, 6.07) is 20.0. The number of aromatic nitrogens is 1. The van der Waals surface area contributed by atoms with E-state index in [0.29, 0.717) is 23.1 Å². The van der Waals surface area contributed by atoms with Crippen LogP contribution in [0.1, 0.15) is 12.5 Å². The van der Waals surface area contributed by atoms with E-state index in [1.807, 2.05) is 48.5 Å². The minimum absolute atomic E-state index is 0.0354. The first-order chi connectivity index (χ1) is 13.7. The van der Waals surface area contributed by atoms with Crippen molar-refractivity contribution in [1.82, 2.24) is 4.98 Å². The number of benzene rings is 2. The zero-order chi connectivity index (χ0) is 19.8. The fraction of sp³-hybridized carbons (Fsp3) is 0.182. The molecule has 0 fully saturated rings. The minimum Gasteiger partial charge on any atom is -0.491 e. The molecule has 0 unspecified atom stereocenters. The number of hydrogen-bond acceptors (Lipinski definition) is 4. The Labute approximate surface area is 163 Å². The highest BCUT2D eigenvalue weighted by molar-refractivity contribution is 5.92. The monoisotopic (exact) mass is 380 g/mol. The molecule has 28 heavy (non-hydrogen) atoms. The zero-order valence-corrected chi connectivity index (χ0v) is 15.5. The third kappa shape index (κ3) is 4.85. The topological polar surface area (TPSA) is 51.7 Å². The van der Waals surface area contributed by atoms with E-state index in [-0.39, 0.29) is 19.1 Å². The van der Waals surface area contributed by atoms with Gasteiger partial charge in [0.25, 0.3) is 0 Å². The van der Waals surface area contributed by atoms with Gasteiger partial charge in [-0.15, -0.1) is 0 Å². The van der Waals surface area contributed by atoms with E-state index in [1.54, 1.807) is 29.3 Å². The molecule has 0 aliphatic heterocycles. The summed E-state index contributed by atoms with van der Waals surface area (Å²) in [6.45, 7) is 1.10. The van der Waals surface area contributed by atoms with Crippen molar-refractivity contribution in [3.8, 4) is 17.4 Å². The molecule has 3 aromatic rings. The maximum absolute atomic E-state index is 12.5. The van der Waals surface area contributed by atoms with Crippen molar-refractivity contribution in [1.29, 1.82) is 0 Å². The van der Waals surface area contributed by atoms with Gasteiger partial charge in [-0.05, 0) is 30.3 Å². The Morgan fingerprint density at radius 2 is 1.79 bits per heavy atom. The molecule has 144 valence electrons. The number of para-hydroxylation sites is 2. The normalized spacial score (nSPS) is 10.4. The van der Waals surface area contributed by atoms with Gasteiger partial charge in [-0.3, -0.25) is 4.79 Å². The maximum Gasteiger partial charge on any atom is 0.243 e. The molecular weight excluding hydrogens is 359 g/mol. The van der Waals surface area contributed by atoms with E-state index in [0.717, 1.165) is 5.56 Å². The van der Waals surface area contributed by atoms with Crippen LogP contribution in [0.2, 0.25) is 0 Å². The zero-order valence-electron chi connectivity index (χ0n) is 15.5. The highest BCUT2D eigenvalue weighted by Gasteiger charge is 2.20. The van der Waals surface area contributed by atoms with Crippen molar-refractivity contribution in [3.63, 3.8) is 0 Å². The second-order valence-corrected chi connectivity index (χ2v) is 5.99. The average molecular weight is 380 g/mol. The summed E-state index contributed by atoms with van der Waals surface area (Å²) < 4.78 is 23.9. The van der Waals surface area contributed by atoms with E-state index in [2.05, 4.69) is 4.98 Å². The van der Waals surface area contributed by atoms with Gasteiger partial charge < -0.3 is 14.4 Å². The lowest BCUT2D eigenvalue weighted by Crippen LogP contribution is -2.28. The lowest BCUT2D eigenvalue weighted by atomic mass is 10.1. The van der Waals surface area contributed by atoms with Gasteiger partial charge >= 0.3 is 0 Å². The smallest absolute Gasteiger partial charge is 0.243 e. The van der Waals surface area contributed by atoms with Crippen LogP contribution >= 0.6 is 0 Å². The summed E-state index contributed by atoms with van der Waals surface area (Å²) in [5.74, 6) is 1.32. The molecule has 0 atom stereocenters. The molecule has 1 aromatic heterocycles. The third-order valence-corrected chi connectivity index (χ3v) is 4.02. The quantitative estimate of drug-likeness (QED) is 0.565. The van der Waals surface area contributed by atoms with E-state index < -0.39 is 6.67 Å². The molecule has 0 aliphatic rings. The second kappa shape index (κ2) is 9.50. The molecule has 6 heteroatoms. The van der Waals surface area contributed by atoms with Crippen LogP contribution in [0.25, 0.3) is 0 Å². The lowest BCUT2D eigenvalue weighted by Gasteiger charge is -2.24. The largest absolute Gasteiger partial charge is 0.491 e. The Morgan fingerprint density at radius 1 is 1.04 bits per heavy atom. The number of ether oxygens (including phenoxy) is 2. The third-order valence-electron chi connectivity index (χ3n) is 4.02. The molecule has 0 spiro atoms. The van der Waals surface area contributed by atoms with Crippen molar-refractivity contribution in [2.24, 2.45) is 0 Å². The summed E-state index contributed by atoms with van der Waals surface area (Å²) in [4.78, 5) is 18.3. The molecule has 0 radical (unpaired) electrons. The van der Waals surface area contributed by atoms with E-state index in [9.17, 15) is 9.18 Å². The van der Waals surface area contributed by atoms with Gasteiger partial charge in [0, 0.05) is 18.7 Å². The Hall–Kier alpha value is -3.41. The number of hydrogen-bond donors (Lipinski definition) is 0. The van der Waals surface area contributed by atoms with Gasteiger partial charge in [0.1, 0.15) is 30.5 Å². The molecule has 0 aliphatic carbocycles. The van der Waals surface area contributed by atoms with Gasteiger partial charge in [0.15, 0.2) is 0 Å². The van der Waals surface area contributed by atoms with Gasteiger partial charge in [-0.25, -0.2) is 9.37 Å². The Bertz CT molecular complexity index is 918. The molecule has 0 N–H and O–H groups in total. The highest BCUT2D eigenvalue weighted by atomic mass is 19.1. The number of nitrogens with zero attached hydrogens (tertiary/aromatic N) is 2. The predicted octanol–water partition coefficient (Wildman–Crippen LogP) is 4.78. The van der Waals surface area contributed by atoms with Crippen molar-refractivity contribution in [2.75, 3.05) is 18.2 Å². The first kappa shape index (κ1) is 19.4. The molecule has 3 rings (SSSR count). The van der Waals surface area contributed by atoms with Crippen molar-refractivity contribution in [3.05, 3.63) is 78.5 Å². The number of pyridine rings is 1. The Balaban J connectivity index is 1.91. The van der Waals surface area contributed by atoms with Crippen LogP contribution in [-0.2, 0) is 11.3 Å². The summed E-state index contributed by atoms with van der Waals surface area (Å²) in [7, 11) is 0. The first-order valence-corrected chi connectivity index (χ1v) is 8.91. The van der Waals surface area contributed by atoms with Crippen molar-refractivity contribution in [2.45, 2.75) is 13.5 Å². The fourth-order valence-electron chi connectivity index (χ4n) is 2.73. The SMILES string of the molecule is CC(=O)N(Cc1ccccc1OCCF)c1cccnc1Oc1ccccc1. The number of halogens is 1. The molecule has 0 saturated heterocycles. The number of alkyl halides is 1.